The minimum absolute atomic E-state index is 0.0525. The lowest BCUT2D eigenvalue weighted by Crippen LogP contribution is -2.69. The Balaban J connectivity index is 1.89. The van der Waals surface area contributed by atoms with Gasteiger partial charge in [-0.05, 0) is 29.8 Å². The summed E-state index contributed by atoms with van der Waals surface area (Å²) >= 11 is 0. The average molecular weight is 594 g/mol. The quantitative estimate of drug-likeness (QED) is 0.0860. The number of aromatic hydroxyl groups is 1. The Labute approximate surface area is 237 Å². The highest BCUT2D eigenvalue weighted by atomic mass is 16.6. The molecule has 2 saturated heterocycles. The standard InChI is InChI=1S/C27H31NO14/c29-8-13-20(35)22(37)18(28-13)19(34)12-7-15(33)17(14(32)6-3-10-1-4-11(31)5-2-10)25(40)27(12,41)26-24(39)23(38)21(36)16(9-30)42-26/h1-7,13,16,20-24,26,28-32,34-39,41H,8-9H2. The van der Waals surface area contributed by atoms with Crippen LogP contribution in [0.2, 0.25) is 0 Å². The van der Waals surface area contributed by atoms with Gasteiger partial charge in [-0.3, -0.25) is 9.59 Å². The summed E-state index contributed by atoms with van der Waals surface area (Å²) in [5.41, 5.74) is -5.57. The van der Waals surface area contributed by atoms with E-state index in [9.17, 15) is 65.8 Å². The number of hydrogen-bond donors (Lipinski definition) is 12. The van der Waals surface area contributed by atoms with Gasteiger partial charge < -0.3 is 66.2 Å². The molecular formula is C27H31NO14. The molecule has 0 amide bonds. The zero-order valence-electron chi connectivity index (χ0n) is 21.7. The van der Waals surface area contributed by atoms with E-state index in [0.29, 0.717) is 11.6 Å². The van der Waals surface area contributed by atoms with E-state index < -0.39 is 108 Å². The van der Waals surface area contributed by atoms with E-state index in [-0.39, 0.29) is 5.75 Å². The summed E-state index contributed by atoms with van der Waals surface area (Å²) in [6, 6.07) is 4.32. The summed E-state index contributed by atoms with van der Waals surface area (Å²) in [5.74, 6) is -5.09. The number of ether oxygens (including phenoxy) is 1. The lowest BCUT2D eigenvalue weighted by atomic mass is 9.70. The van der Waals surface area contributed by atoms with Gasteiger partial charge in [-0.25, -0.2) is 0 Å². The summed E-state index contributed by atoms with van der Waals surface area (Å²) in [7, 11) is 0. The Morgan fingerprint density at radius 3 is 2.14 bits per heavy atom. The first-order valence-electron chi connectivity index (χ1n) is 12.7. The van der Waals surface area contributed by atoms with E-state index in [1.54, 1.807) is 0 Å². The molecule has 12 N–H and O–H groups in total. The van der Waals surface area contributed by atoms with Crippen molar-refractivity contribution in [3.8, 4) is 5.75 Å². The molecule has 0 bridgehead atoms. The molecule has 0 radical (unpaired) electrons. The maximum Gasteiger partial charge on any atom is 0.209 e. The van der Waals surface area contributed by atoms with Crippen LogP contribution in [0.4, 0.5) is 0 Å². The van der Waals surface area contributed by atoms with Crippen LogP contribution in [0, 0.1) is 0 Å². The molecule has 2 aliphatic heterocycles. The van der Waals surface area contributed by atoms with Crippen molar-refractivity contribution in [3.05, 3.63) is 70.3 Å². The van der Waals surface area contributed by atoms with Crippen LogP contribution in [-0.4, -0.2) is 135 Å². The smallest absolute Gasteiger partial charge is 0.209 e. The number of carbonyl (C=O) groups is 2. The average Bonchev–Trinajstić information content (AvgIpc) is 3.26. The molecule has 42 heavy (non-hydrogen) atoms. The number of Topliss-reactive ketones (excluding diaryl/α,β-unsaturated/α-hetero) is 1. The maximum atomic E-state index is 13.9. The third kappa shape index (κ3) is 5.22. The highest BCUT2D eigenvalue weighted by Gasteiger charge is 2.61. The molecule has 0 saturated carbocycles. The van der Waals surface area contributed by atoms with Crippen LogP contribution in [0.1, 0.15) is 5.56 Å². The highest BCUT2D eigenvalue weighted by molar-refractivity contribution is 6.31. The SMILES string of the molecule is O=C1C=C(C(O)=C2NC(CO)C(O)C2O)C(O)(C2OC(CO)C(O)C(O)C2O)C(=O)C1=C(O)C=Cc1ccc(O)cc1. The second kappa shape index (κ2) is 11.9. The van der Waals surface area contributed by atoms with Gasteiger partial charge in [0.15, 0.2) is 11.4 Å². The lowest BCUT2D eigenvalue weighted by molar-refractivity contribution is -0.259. The monoisotopic (exact) mass is 593 g/mol. The largest absolute Gasteiger partial charge is 0.508 e. The third-order valence-corrected chi connectivity index (χ3v) is 7.47. The molecule has 9 unspecified atom stereocenters. The van der Waals surface area contributed by atoms with Gasteiger partial charge in [-0.2, -0.15) is 0 Å². The molecule has 0 spiro atoms. The Bertz CT molecular complexity index is 1350. The number of aliphatic hydroxyl groups is 10. The lowest BCUT2D eigenvalue weighted by Gasteiger charge is -2.47. The van der Waals surface area contributed by atoms with Crippen LogP contribution in [0.15, 0.2) is 64.8 Å². The molecule has 2 fully saturated rings. The summed E-state index contributed by atoms with van der Waals surface area (Å²) < 4.78 is 5.40. The Hall–Kier alpha value is -3.64. The van der Waals surface area contributed by atoms with E-state index in [1.807, 2.05) is 0 Å². The summed E-state index contributed by atoms with van der Waals surface area (Å²) in [6.45, 7) is -1.69. The van der Waals surface area contributed by atoms with Crippen molar-refractivity contribution in [1.29, 1.82) is 0 Å². The van der Waals surface area contributed by atoms with E-state index in [0.717, 1.165) is 6.08 Å². The van der Waals surface area contributed by atoms with Crippen LogP contribution in [-0.2, 0) is 14.3 Å². The van der Waals surface area contributed by atoms with E-state index >= 15 is 0 Å². The van der Waals surface area contributed by atoms with Gasteiger partial charge in [0.25, 0.3) is 0 Å². The van der Waals surface area contributed by atoms with Crippen LogP contribution < -0.4 is 5.32 Å². The number of aliphatic hydroxyl groups excluding tert-OH is 9. The van der Waals surface area contributed by atoms with E-state index in [4.69, 9.17) is 4.74 Å². The van der Waals surface area contributed by atoms with Gasteiger partial charge in [0.2, 0.25) is 5.78 Å². The first kappa shape index (κ1) is 31.3. The molecule has 228 valence electrons. The van der Waals surface area contributed by atoms with Gasteiger partial charge >= 0.3 is 0 Å². The number of rotatable bonds is 6. The van der Waals surface area contributed by atoms with Gasteiger partial charge in [-0.15, -0.1) is 0 Å². The van der Waals surface area contributed by atoms with Gasteiger partial charge in [0.05, 0.1) is 25.0 Å². The van der Waals surface area contributed by atoms with Crippen molar-refractivity contribution >= 4 is 17.6 Å². The molecule has 1 aliphatic carbocycles. The zero-order valence-corrected chi connectivity index (χ0v) is 21.7. The molecule has 4 rings (SSSR count). The van der Waals surface area contributed by atoms with Gasteiger partial charge in [-0.1, -0.05) is 18.2 Å². The summed E-state index contributed by atoms with van der Waals surface area (Å²) in [5, 5.41) is 117. The molecule has 2 heterocycles. The minimum atomic E-state index is -3.32. The van der Waals surface area contributed by atoms with Crippen molar-refractivity contribution in [2.75, 3.05) is 13.2 Å². The van der Waals surface area contributed by atoms with E-state index in [1.165, 1.54) is 30.3 Å². The fourth-order valence-electron chi connectivity index (χ4n) is 5.07. The molecule has 1 aromatic rings. The first-order valence-corrected chi connectivity index (χ1v) is 12.7. The van der Waals surface area contributed by atoms with Gasteiger partial charge in [0, 0.05) is 5.57 Å². The van der Waals surface area contributed by atoms with Crippen LogP contribution in [0.5, 0.6) is 5.75 Å². The maximum absolute atomic E-state index is 13.9. The Morgan fingerprint density at radius 1 is 0.929 bits per heavy atom. The minimum Gasteiger partial charge on any atom is -0.508 e. The number of benzene rings is 1. The predicted octanol–water partition coefficient (Wildman–Crippen LogP) is -3.68. The fourth-order valence-corrected chi connectivity index (χ4v) is 5.07. The number of phenolic OH excluding ortho intramolecular Hbond substituents is 1. The topological polar surface area (TPSA) is 278 Å². The van der Waals surface area contributed by atoms with Crippen molar-refractivity contribution < 1.29 is 70.5 Å². The molecule has 1 aromatic carbocycles. The number of phenols is 1. The van der Waals surface area contributed by atoms with E-state index in [2.05, 4.69) is 5.32 Å². The summed E-state index contributed by atoms with van der Waals surface area (Å²) in [4.78, 5) is 27.0. The van der Waals surface area contributed by atoms with Crippen molar-refractivity contribution in [1.82, 2.24) is 5.32 Å². The highest BCUT2D eigenvalue weighted by Crippen LogP contribution is 2.42. The molecule has 9 atom stereocenters. The van der Waals surface area contributed by atoms with Crippen LogP contribution in [0.3, 0.4) is 0 Å². The second-order valence-electron chi connectivity index (χ2n) is 10.1. The molecule has 15 nitrogen and oxygen atoms in total. The molecule has 15 heteroatoms. The van der Waals surface area contributed by atoms with Crippen molar-refractivity contribution in [2.24, 2.45) is 0 Å². The fraction of sp³-hybridized carbons (Fsp3) is 0.407. The van der Waals surface area contributed by atoms with Gasteiger partial charge in [0.1, 0.15) is 65.6 Å². The summed E-state index contributed by atoms with van der Waals surface area (Å²) in [6.07, 6.45) is -11.2. The Kier molecular flexibility index (Phi) is 8.89. The molecular weight excluding hydrogens is 562 g/mol. The van der Waals surface area contributed by atoms with Crippen molar-refractivity contribution in [3.63, 3.8) is 0 Å². The molecule has 3 aliphatic rings. The van der Waals surface area contributed by atoms with Crippen LogP contribution in [0.25, 0.3) is 6.08 Å². The van der Waals surface area contributed by atoms with Crippen molar-refractivity contribution in [2.45, 2.75) is 54.4 Å². The zero-order chi connectivity index (χ0) is 31.1. The number of ketones is 2. The number of carbonyl (C=O) groups excluding carboxylic acids is 2. The third-order valence-electron chi connectivity index (χ3n) is 7.47. The first-order chi connectivity index (χ1) is 19.8. The number of nitrogens with one attached hydrogen (secondary N) is 1. The number of allylic oxidation sites excluding steroid dienone is 2. The van der Waals surface area contributed by atoms with Crippen LogP contribution >= 0.6 is 0 Å². The second-order valence-corrected chi connectivity index (χ2v) is 10.1. The normalized spacial score (nSPS) is 38.0. The predicted molar refractivity (Wildman–Crippen MR) is 139 cm³/mol. The number of hydrogen-bond acceptors (Lipinski definition) is 15. The molecule has 0 aromatic heterocycles. The Morgan fingerprint density at radius 2 is 1.57 bits per heavy atom.